The highest BCUT2D eigenvalue weighted by molar-refractivity contribution is 5.91. The summed E-state index contributed by atoms with van der Waals surface area (Å²) in [7, 11) is 2.94. The van der Waals surface area contributed by atoms with E-state index in [1.807, 2.05) is 67.6 Å². The molecule has 10 heteroatoms. The number of aromatic nitrogens is 6. The standard InChI is InChI=1S/C26H25N7O3/c1-17-8-7-11-19(12-17)20-13-21(33(29-20)14-18-9-5-4-6-10-18)28-22(34)15-32-16-27-24-23(32)25(35)31(3)26(36)30(24)2/h4-13,16H,14-15H2,1-3H3,(H,28,34). The topological polar surface area (TPSA) is 109 Å². The number of anilines is 1. The maximum atomic E-state index is 13.1. The Hall–Kier alpha value is -4.73. The van der Waals surface area contributed by atoms with E-state index in [1.54, 1.807) is 4.68 Å². The molecule has 2 aromatic carbocycles. The van der Waals surface area contributed by atoms with Crippen LogP contribution in [0.25, 0.3) is 22.4 Å². The Labute approximate surface area is 206 Å². The van der Waals surface area contributed by atoms with Gasteiger partial charge in [-0.25, -0.2) is 14.5 Å². The number of hydrogen-bond donors (Lipinski definition) is 1. The van der Waals surface area contributed by atoms with Crippen molar-refractivity contribution in [1.82, 2.24) is 28.5 Å². The summed E-state index contributed by atoms with van der Waals surface area (Å²) in [6, 6.07) is 19.7. The third-order valence-electron chi connectivity index (χ3n) is 6.07. The molecule has 0 unspecified atom stereocenters. The highest BCUT2D eigenvalue weighted by Crippen LogP contribution is 2.24. The van der Waals surface area contributed by atoms with Crippen molar-refractivity contribution in [2.75, 3.05) is 5.32 Å². The molecule has 0 bridgehead atoms. The first-order chi connectivity index (χ1) is 17.3. The third-order valence-corrected chi connectivity index (χ3v) is 6.07. The van der Waals surface area contributed by atoms with E-state index in [2.05, 4.69) is 10.3 Å². The van der Waals surface area contributed by atoms with Crippen LogP contribution in [-0.4, -0.2) is 34.4 Å². The molecule has 3 heterocycles. The quantitative estimate of drug-likeness (QED) is 0.399. The summed E-state index contributed by atoms with van der Waals surface area (Å²) in [5.74, 6) is 0.181. The van der Waals surface area contributed by atoms with Gasteiger partial charge >= 0.3 is 5.69 Å². The van der Waals surface area contributed by atoms with Gasteiger partial charge in [-0.15, -0.1) is 0 Å². The smallest absolute Gasteiger partial charge is 0.315 e. The predicted octanol–water partition coefficient (Wildman–Crippen LogP) is 2.29. The van der Waals surface area contributed by atoms with Crippen LogP contribution in [0.3, 0.4) is 0 Å². The minimum atomic E-state index is -0.505. The number of amides is 1. The Bertz CT molecular complexity index is 1710. The zero-order valence-corrected chi connectivity index (χ0v) is 20.2. The SMILES string of the molecule is Cc1cccc(-c2cc(NC(=O)Cn3cnc4c3c(=O)n(C)c(=O)n4C)n(Cc3ccccc3)n2)c1. The first-order valence-corrected chi connectivity index (χ1v) is 11.4. The fraction of sp³-hybridized carbons (Fsp3) is 0.192. The summed E-state index contributed by atoms with van der Waals surface area (Å²) >= 11 is 0. The molecule has 182 valence electrons. The van der Waals surface area contributed by atoms with Crippen LogP contribution in [0.5, 0.6) is 0 Å². The van der Waals surface area contributed by atoms with E-state index in [0.29, 0.717) is 12.4 Å². The van der Waals surface area contributed by atoms with Crippen molar-refractivity contribution in [3.8, 4) is 11.3 Å². The number of nitrogens with zero attached hydrogens (tertiary/aromatic N) is 6. The number of aryl methyl sites for hydroxylation is 2. The van der Waals surface area contributed by atoms with E-state index in [9.17, 15) is 14.4 Å². The van der Waals surface area contributed by atoms with Crippen LogP contribution in [0.1, 0.15) is 11.1 Å². The normalized spacial score (nSPS) is 11.2. The molecule has 10 nitrogen and oxygen atoms in total. The van der Waals surface area contributed by atoms with E-state index in [-0.39, 0.29) is 23.6 Å². The number of carbonyl (C=O) groups is 1. The second-order valence-corrected chi connectivity index (χ2v) is 8.73. The number of rotatable bonds is 6. The summed E-state index contributed by atoms with van der Waals surface area (Å²) in [4.78, 5) is 42.2. The maximum Gasteiger partial charge on any atom is 0.332 e. The molecule has 5 rings (SSSR count). The lowest BCUT2D eigenvalue weighted by molar-refractivity contribution is -0.116. The van der Waals surface area contributed by atoms with Crippen LogP contribution in [0.2, 0.25) is 0 Å². The van der Waals surface area contributed by atoms with Gasteiger partial charge < -0.3 is 9.88 Å². The van der Waals surface area contributed by atoms with Crippen molar-refractivity contribution in [2.45, 2.75) is 20.0 Å². The zero-order valence-electron chi connectivity index (χ0n) is 20.2. The molecule has 0 atom stereocenters. The Balaban J connectivity index is 1.47. The molecular weight excluding hydrogens is 458 g/mol. The molecule has 0 aliphatic rings. The van der Waals surface area contributed by atoms with Crippen molar-refractivity contribution in [2.24, 2.45) is 14.1 Å². The Morgan fingerprint density at radius 2 is 1.75 bits per heavy atom. The molecule has 1 N–H and O–H groups in total. The minimum Gasteiger partial charge on any atom is -0.315 e. The van der Waals surface area contributed by atoms with Crippen LogP contribution >= 0.6 is 0 Å². The highest BCUT2D eigenvalue weighted by atomic mass is 16.2. The van der Waals surface area contributed by atoms with Gasteiger partial charge in [0.25, 0.3) is 5.56 Å². The molecule has 0 saturated heterocycles. The molecule has 0 saturated carbocycles. The average Bonchev–Trinajstić information content (AvgIpc) is 3.46. The molecule has 5 aromatic rings. The van der Waals surface area contributed by atoms with E-state index in [1.165, 1.54) is 29.6 Å². The van der Waals surface area contributed by atoms with Crippen molar-refractivity contribution >= 4 is 22.9 Å². The van der Waals surface area contributed by atoms with E-state index >= 15 is 0 Å². The fourth-order valence-corrected chi connectivity index (χ4v) is 4.19. The van der Waals surface area contributed by atoms with Gasteiger partial charge in [0.2, 0.25) is 5.91 Å². The largest absolute Gasteiger partial charge is 0.332 e. The number of fused-ring (bicyclic) bond motifs is 1. The number of benzene rings is 2. The van der Waals surface area contributed by atoms with Crippen LogP contribution in [0.15, 0.2) is 76.6 Å². The van der Waals surface area contributed by atoms with Gasteiger partial charge in [-0.3, -0.25) is 18.7 Å². The number of imidazole rings is 1. The van der Waals surface area contributed by atoms with Crippen molar-refractivity contribution in [3.05, 3.63) is 99.0 Å². The molecule has 0 aliphatic carbocycles. The first-order valence-electron chi connectivity index (χ1n) is 11.4. The molecule has 36 heavy (non-hydrogen) atoms. The van der Waals surface area contributed by atoms with Gasteiger partial charge in [-0.2, -0.15) is 5.10 Å². The number of nitrogens with one attached hydrogen (secondary N) is 1. The van der Waals surface area contributed by atoms with E-state index in [0.717, 1.165) is 27.0 Å². The van der Waals surface area contributed by atoms with Crippen LogP contribution in [0, 0.1) is 6.92 Å². The highest BCUT2D eigenvalue weighted by Gasteiger charge is 2.18. The zero-order chi connectivity index (χ0) is 25.4. The van der Waals surface area contributed by atoms with Crippen molar-refractivity contribution in [1.29, 1.82) is 0 Å². The summed E-state index contributed by atoms with van der Waals surface area (Å²) in [6.07, 6.45) is 1.39. The van der Waals surface area contributed by atoms with E-state index < -0.39 is 11.2 Å². The van der Waals surface area contributed by atoms with Crippen LogP contribution in [0.4, 0.5) is 5.82 Å². The molecule has 1 amide bonds. The van der Waals surface area contributed by atoms with Gasteiger partial charge in [0.1, 0.15) is 12.4 Å². The molecule has 0 fully saturated rings. The lowest BCUT2D eigenvalue weighted by Gasteiger charge is -2.10. The lowest BCUT2D eigenvalue weighted by Crippen LogP contribution is -2.37. The van der Waals surface area contributed by atoms with Crippen LogP contribution in [-0.2, 0) is 32.0 Å². The van der Waals surface area contributed by atoms with Crippen molar-refractivity contribution < 1.29 is 4.79 Å². The summed E-state index contributed by atoms with van der Waals surface area (Å²) in [5, 5.41) is 7.69. The van der Waals surface area contributed by atoms with Crippen LogP contribution < -0.4 is 16.6 Å². The molecular formula is C26H25N7O3. The first kappa shape index (κ1) is 23.0. The monoisotopic (exact) mass is 483 g/mol. The Kier molecular flexibility index (Phi) is 5.85. The summed E-state index contributed by atoms with van der Waals surface area (Å²) < 4.78 is 5.49. The predicted molar refractivity (Wildman–Crippen MR) is 137 cm³/mol. The summed E-state index contributed by atoms with van der Waals surface area (Å²) in [5.41, 5.74) is 3.27. The summed E-state index contributed by atoms with van der Waals surface area (Å²) in [6.45, 7) is 2.34. The lowest BCUT2D eigenvalue weighted by atomic mass is 10.1. The van der Waals surface area contributed by atoms with Gasteiger partial charge in [0.05, 0.1) is 18.6 Å². The molecule has 3 aromatic heterocycles. The minimum absolute atomic E-state index is 0.153. The van der Waals surface area contributed by atoms with Gasteiger partial charge in [0.15, 0.2) is 11.2 Å². The second-order valence-electron chi connectivity index (χ2n) is 8.73. The maximum absolute atomic E-state index is 13.1. The molecule has 0 spiro atoms. The Morgan fingerprint density at radius 1 is 0.972 bits per heavy atom. The van der Waals surface area contributed by atoms with Gasteiger partial charge in [-0.1, -0.05) is 54.1 Å². The van der Waals surface area contributed by atoms with Gasteiger partial charge in [0, 0.05) is 25.7 Å². The molecule has 0 aliphatic heterocycles. The Morgan fingerprint density at radius 3 is 2.50 bits per heavy atom. The number of hydrogen-bond acceptors (Lipinski definition) is 5. The third kappa shape index (κ3) is 4.24. The van der Waals surface area contributed by atoms with Crippen molar-refractivity contribution in [3.63, 3.8) is 0 Å². The van der Waals surface area contributed by atoms with E-state index in [4.69, 9.17) is 5.10 Å². The average molecular weight is 484 g/mol. The number of carbonyl (C=O) groups excluding carboxylic acids is 1. The molecule has 0 radical (unpaired) electrons. The fourth-order valence-electron chi connectivity index (χ4n) is 4.19. The second kappa shape index (κ2) is 9.14. The van der Waals surface area contributed by atoms with Gasteiger partial charge in [-0.05, 0) is 18.6 Å².